The maximum absolute atomic E-state index is 12.3. The molecule has 0 aliphatic heterocycles. The standard InChI is InChI=1S/C19H23N3O/c1-4-22-16-8-6-5-7-14(16)15-11-13(9-10-17(15)22)21-18(23)19(2,3)12-20/h5-11H,4,12,20H2,1-3H3,(H,21,23). The Morgan fingerprint density at radius 2 is 1.83 bits per heavy atom. The van der Waals surface area contributed by atoms with Gasteiger partial charge in [-0.2, -0.15) is 0 Å². The van der Waals surface area contributed by atoms with Crippen LogP contribution < -0.4 is 11.1 Å². The summed E-state index contributed by atoms with van der Waals surface area (Å²) in [6.45, 7) is 7.07. The Morgan fingerprint density at radius 1 is 1.13 bits per heavy atom. The van der Waals surface area contributed by atoms with Gasteiger partial charge in [-0.05, 0) is 45.0 Å². The van der Waals surface area contributed by atoms with Crippen molar-refractivity contribution in [1.29, 1.82) is 0 Å². The number of nitrogens with one attached hydrogen (secondary N) is 1. The molecular formula is C19H23N3O. The van der Waals surface area contributed by atoms with Crippen LogP contribution >= 0.6 is 0 Å². The second kappa shape index (κ2) is 5.70. The van der Waals surface area contributed by atoms with Crippen molar-refractivity contribution in [2.24, 2.45) is 11.1 Å². The maximum atomic E-state index is 12.3. The minimum atomic E-state index is -0.577. The van der Waals surface area contributed by atoms with E-state index in [1.807, 2.05) is 32.0 Å². The van der Waals surface area contributed by atoms with Crippen LogP contribution in [0, 0.1) is 5.41 Å². The molecule has 3 rings (SSSR count). The summed E-state index contributed by atoms with van der Waals surface area (Å²) in [5.41, 5.74) is 8.32. The number of amides is 1. The number of hydrogen-bond acceptors (Lipinski definition) is 2. The molecule has 23 heavy (non-hydrogen) atoms. The summed E-state index contributed by atoms with van der Waals surface area (Å²) in [6.07, 6.45) is 0. The van der Waals surface area contributed by atoms with Gasteiger partial charge in [-0.25, -0.2) is 0 Å². The van der Waals surface area contributed by atoms with Crippen molar-refractivity contribution in [3.8, 4) is 0 Å². The lowest BCUT2D eigenvalue weighted by Crippen LogP contribution is -2.37. The predicted molar refractivity (Wildman–Crippen MR) is 96.6 cm³/mol. The van der Waals surface area contributed by atoms with Gasteiger partial charge in [-0.3, -0.25) is 4.79 Å². The molecule has 3 N–H and O–H groups in total. The first kappa shape index (κ1) is 15.6. The Hall–Kier alpha value is -2.33. The molecule has 120 valence electrons. The average Bonchev–Trinajstić information content (AvgIpc) is 2.88. The first-order chi connectivity index (χ1) is 11.0. The lowest BCUT2D eigenvalue weighted by atomic mass is 9.92. The van der Waals surface area contributed by atoms with Crippen molar-refractivity contribution in [2.45, 2.75) is 27.3 Å². The Balaban J connectivity index is 2.09. The molecule has 0 saturated heterocycles. The van der Waals surface area contributed by atoms with Gasteiger partial charge in [0.1, 0.15) is 0 Å². The minimum Gasteiger partial charge on any atom is -0.341 e. The SMILES string of the molecule is CCn1c2ccccc2c2cc(NC(=O)C(C)(C)CN)ccc21. The van der Waals surface area contributed by atoms with Crippen LogP contribution in [0.1, 0.15) is 20.8 Å². The Bertz CT molecular complexity index is 877. The molecule has 1 aromatic heterocycles. The summed E-state index contributed by atoms with van der Waals surface area (Å²) >= 11 is 0. The fourth-order valence-electron chi connectivity index (χ4n) is 2.87. The number of nitrogens with zero attached hydrogens (tertiary/aromatic N) is 1. The number of carbonyl (C=O) groups is 1. The van der Waals surface area contributed by atoms with Crippen LogP contribution in [0.25, 0.3) is 21.8 Å². The lowest BCUT2D eigenvalue weighted by molar-refractivity contribution is -0.123. The smallest absolute Gasteiger partial charge is 0.231 e. The van der Waals surface area contributed by atoms with Gasteiger partial charge < -0.3 is 15.6 Å². The van der Waals surface area contributed by atoms with Crippen molar-refractivity contribution in [3.05, 3.63) is 42.5 Å². The Morgan fingerprint density at radius 3 is 2.52 bits per heavy atom. The second-order valence-corrected chi connectivity index (χ2v) is 6.54. The highest BCUT2D eigenvalue weighted by Gasteiger charge is 2.25. The molecular weight excluding hydrogens is 286 g/mol. The number of carbonyl (C=O) groups excluding carboxylic acids is 1. The molecule has 0 fully saturated rings. The molecule has 0 radical (unpaired) electrons. The predicted octanol–water partition coefficient (Wildman–Crippen LogP) is 3.74. The van der Waals surface area contributed by atoms with E-state index in [1.54, 1.807) is 0 Å². The van der Waals surface area contributed by atoms with Crippen LogP contribution in [0.15, 0.2) is 42.5 Å². The van der Waals surface area contributed by atoms with Gasteiger partial charge in [-0.15, -0.1) is 0 Å². The molecule has 0 aliphatic rings. The highest BCUT2D eigenvalue weighted by atomic mass is 16.2. The van der Waals surface area contributed by atoms with Gasteiger partial charge in [0.05, 0.1) is 5.41 Å². The van der Waals surface area contributed by atoms with Gasteiger partial charge in [0.2, 0.25) is 5.91 Å². The van der Waals surface area contributed by atoms with Crippen molar-refractivity contribution >= 4 is 33.4 Å². The number of fused-ring (bicyclic) bond motifs is 3. The Labute approximate surface area is 136 Å². The van der Waals surface area contributed by atoms with Crippen LogP contribution in [0.3, 0.4) is 0 Å². The molecule has 2 aromatic carbocycles. The summed E-state index contributed by atoms with van der Waals surface area (Å²) in [4.78, 5) is 12.3. The number of para-hydroxylation sites is 1. The molecule has 3 aromatic rings. The van der Waals surface area contributed by atoms with E-state index in [4.69, 9.17) is 5.73 Å². The topological polar surface area (TPSA) is 60.0 Å². The van der Waals surface area contributed by atoms with E-state index in [1.165, 1.54) is 16.4 Å². The third kappa shape index (κ3) is 2.59. The highest BCUT2D eigenvalue weighted by Crippen LogP contribution is 2.31. The van der Waals surface area contributed by atoms with E-state index in [0.29, 0.717) is 6.54 Å². The Kier molecular flexibility index (Phi) is 3.86. The number of anilines is 1. The number of aromatic nitrogens is 1. The van der Waals surface area contributed by atoms with Crippen LogP contribution in [-0.4, -0.2) is 17.0 Å². The zero-order valence-electron chi connectivity index (χ0n) is 13.9. The monoisotopic (exact) mass is 309 g/mol. The first-order valence-corrected chi connectivity index (χ1v) is 8.00. The average molecular weight is 309 g/mol. The fraction of sp³-hybridized carbons (Fsp3) is 0.316. The minimum absolute atomic E-state index is 0.0569. The highest BCUT2D eigenvalue weighted by molar-refractivity contribution is 6.10. The van der Waals surface area contributed by atoms with E-state index in [0.717, 1.165) is 17.6 Å². The number of benzene rings is 2. The molecule has 0 atom stereocenters. The molecule has 0 aliphatic carbocycles. The van der Waals surface area contributed by atoms with E-state index in [9.17, 15) is 4.79 Å². The van der Waals surface area contributed by atoms with Gasteiger partial charge in [0, 0.05) is 40.6 Å². The van der Waals surface area contributed by atoms with E-state index in [-0.39, 0.29) is 5.91 Å². The summed E-state index contributed by atoms with van der Waals surface area (Å²) in [6, 6.07) is 14.4. The molecule has 0 saturated carbocycles. The van der Waals surface area contributed by atoms with Crippen LogP contribution in [0.4, 0.5) is 5.69 Å². The molecule has 1 amide bonds. The maximum Gasteiger partial charge on any atom is 0.231 e. The van der Waals surface area contributed by atoms with Gasteiger partial charge in [0.15, 0.2) is 0 Å². The van der Waals surface area contributed by atoms with Gasteiger partial charge in [-0.1, -0.05) is 18.2 Å². The van der Waals surface area contributed by atoms with E-state index < -0.39 is 5.41 Å². The molecule has 1 heterocycles. The van der Waals surface area contributed by atoms with Crippen molar-refractivity contribution in [1.82, 2.24) is 4.57 Å². The normalized spacial score (nSPS) is 12.0. The zero-order chi connectivity index (χ0) is 16.6. The summed E-state index contributed by atoms with van der Waals surface area (Å²) in [7, 11) is 0. The molecule has 4 heteroatoms. The molecule has 0 unspecified atom stereocenters. The lowest BCUT2D eigenvalue weighted by Gasteiger charge is -2.21. The van der Waals surface area contributed by atoms with Crippen LogP contribution in [0.5, 0.6) is 0 Å². The number of hydrogen-bond donors (Lipinski definition) is 2. The summed E-state index contributed by atoms with van der Waals surface area (Å²) in [5, 5.41) is 5.35. The van der Waals surface area contributed by atoms with E-state index >= 15 is 0 Å². The quantitative estimate of drug-likeness (QED) is 0.771. The van der Waals surface area contributed by atoms with Gasteiger partial charge >= 0.3 is 0 Å². The van der Waals surface area contributed by atoms with Crippen molar-refractivity contribution < 1.29 is 4.79 Å². The van der Waals surface area contributed by atoms with Crippen LogP contribution in [0.2, 0.25) is 0 Å². The largest absolute Gasteiger partial charge is 0.341 e. The van der Waals surface area contributed by atoms with E-state index in [2.05, 4.69) is 41.1 Å². The molecule has 0 bridgehead atoms. The fourth-order valence-corrected chi connectivity index (χ4v) is 2.87. The first-order valence-electron chi connectivity index (χ1n) is 8.00. The molecule has 4 nitrogen and oxygen atoms in total. The number of aryl methyl sites for hydroxylation is 1. The number of rotatable bonds is 4. The summed E-state index contributed by atoms with van der Waals surface area (Å²) < 4.78 is 2.29. The van der Waals surface area contributed by atoms with Crippen molar-refractivity contribution in [2.75, 3.05) is 11.9 Å². The van der Waals surface area contributed by atoms with Crippen LogP contribution in [-0.2, 0) is 11.3 Å². The molecule has 0 spiro atoms. The summed E-state index contributed by atoms with van der Waals surface area (Å²) in [5.74, 6) is -0.0569. The zero-order valence-corrected chi connectivity index (χ0v) is 13.9. The van der Waals surface area contributed by atoms with Gasteiger partial charge in [0.25, 0.3) is 0 Å². The van der Waals surface area contributed by atoms with Crippen molar-refractivity contribution in [3.63, 3.8) is 0 Å². The third-order valence-corrected chi connectivity index (χ3v) is 4.47. The third-order valence-electron chi connectivity index (χ3n) is 4.47. The number of nitrogens with two attached hydrogens (primary N) is 1. The second-order valence-electron chi connectivity index (χ2n) is 6.54.